The molecule has 2 heterocycles. The standard InChI is InChI=1S/C22H23ClFN5O3/c1-22(2)11-29(10-20(30)32-22)5-6-31-19-9-18-14(8-17(19)25)21(27-12-26-18)28-13-3-4-16(24)15(23)7-13/h3-4,7-9,12H,5-6,10-11,25H2,1-2H3,(H,26,27,28). The smallest absolute Gasteiger partial charge is 0.320 e. The van der Waals surface area contributed by atoms with Gasteiger partial charge in [0.1, 0.15) is 35.9 Å². The molecule has 0 amide bonds. The Kier molecular flexibility index (Phi) is 6.03. The number of rotatable bonds is 6. The zero-order valence-corrected chi connectivity index (χ0v) is 18.4. The lowest BCUT2D eigenvalue weighted by Crippen LogP contribution is -2.51. The van der Waals surface area contributed by atoms with Crippen LogP contribution in [0.1, 0.15) is 13.8 Å². The average Bonchev–Trinajstić information content (AvgIpc) is 2.70. The molecule has 0 spiro atoms. The van der Waals surface area contributed by atoms with E-state index in [9.17, 15) is 9.18 Å². The van der Waals surface area contributed by atoms with E-state index in [0.717, 1.165) is 0 Å². The molecular formula is C22H23ClFN5O3. The molecule has 1 aliphatic rings. The average molecular weight is 460 g/mol. The summed E-state index contributed by atoms with van der Waals surface area (Å²) < 4.78 is 24.6. The number of aromatic nitrogens is 2. The number of carbonyl (C=O) groups excluding carboxylic acids is 1. The largest absolute Gasteiger partial charge is 0.490 e. The van der Waals surface area contributed by atoms with Gasteiger partial charge in [0, 0.05) is 30.2 Å². The summed E-state index contributed by atoms with van der Waals surface area (Å²) in [6.45, 7) is 5.52. The summed E-state index contributed by atoms with van der Waals surface area (Å²) in [6.07, 6.45) is 1.41. The molecule has 4 rings (SSSR count). The molecule has 8 nitrogen and oxygen atoms in total. The van der Waals surface area contributed by atoms with Gasteiger partial charge < -0.3 is 20.5 Å². The van der Waals surface area contributed by atoms with Gasteiger partial charge in [0.15, 0.2) is 0 Å². The maximum Gasteiger partial charge on any atom is 0.320 e. The topological polar surface area (TPSA) is 103 Å². The fourth-order valence-electron chi connectivity index (χ4n) is 3.63. The molecule has 3 N–H and O–H groups in total. The molecule has 1 saturated heterocycles. The van der Waals surface area contributed by atoms with E-state index in [1.165, 1.54) is 18.5 Å². The van der Waals surface area contributed by atoms with E-state index < -0.39 is 11.4 Å². The number of carbonyl (C=O) groups is 1. The number of benzene rings is 2. The van der Waals surface area contributed by atoms with Crippen molar-refractivity contribution in [3.8, 4) is 5.75 Å². The molecule has 0 aliphatic carbocycles. The van der Waals surface area contributed by atoms with Crippen LogP contribution in [0.15, 0.2) is 36.7 Å². The Labute approximate surface area is 189 Å². The first-order valence-electron chi connectivity index (χ1n) is 10.0. The molecule has 1 fully saturated rings. The third kappa shape index (κ3) is 5.00. The van der Waals surface area contributed by atoms with Crippen LogP contribution in [-0.4, -0.2) is 52.7 Å². The second-order valence-corrected chi connectivity index (χ2v) is 8.58. The van der Waals surface area contributed by atoms with Crippen molar-refractivity contribution in [1.82, 2.24) is 14.9 Å². The van der Waals surface area contributed by atoms with E-state index in [4.69, 9.17) is 26.8 Å². The number of anilines is 3. The van der Waals surface area contributed by atoms with Crippen molar-refractivity contribution in [2.75, 3.05) is 37.3 Å². The van der Waals surface area contributed by atoms with Crippen LogP contribution >= 0.6 is 11.6 Å². The van der Waals surface area contributed by atoms with Crippen LogP contribution in [0, 0.1) is 5.82 Å². The highest BCUT2D eigenvalue weighted by Crippen LogP contribution is 2.32. The summed E-state index contributed by atoms with van der Waals surface area (Å²) in [7, 11) is 0. The van der Waals surface area contributed by atoms with Gasteiger partial charge >= 0.3 is 5.97 Å². The van der Waals surface area contributed by atoms with E-state index in [-0.39, 0.29) is 17.5 Å². The quantitative estimate of drug-likeness (QED) is 0.424. The normalized spacial score (nSPS) is 16.1. The molecule has 0 saturated carbocycles. The van der Waals surface area contributed by atoms with Crippen LogP contribution in [-0.2, 0) is 9.53 Å². The minimum atomic E-state index is -0.521. The van der Waals surface area contributed by atoms with Gasteiger partial charge in [-0.2, -0.15) is 0 Å². The highest BCUT2D eigenvalue weighted by molar-refractivity contribution is 6.31. The van der Waals surface area contributed by atoms with Gasteiger partial charge in [0.25, 0.3) is 0 Å². The predicted octanol–water partition coefficient (Wildman–Crippen LogP) is 3.76. The van der Waals surface area contributed by atoms with Crippen molar-refractivity contribution in [1.29, 1.82) is 0 Å². The Morgan fingerprint density at radius 3 is 2.88 bits per heavy atom. The van der Waals surface area contributed by atoms with Crippen molar-refractivity contribution >= 4 is 45.7 Å². The summed E-state index contributed by atoms with van der Waals surface area (Å²) in [4.78, 5) is 22.3. The SMILES string of the molecule is CC1(C)CN(CCOc2cc3ncnc(Nc4ccc(F)c(Cl)c4)c3cc2N)CC(=O)O1. The highest BCUT2D eigenvalue weighted by atomic mass is 35.5. The number of nitrogens with two attached hydrogens (primary N) is 1. The van der Waals surface area contributed by atoms with E-state index in [1.54, 1.807) is 18.2 Å². The molecule has 3 aromatic rings. The summed E-state index contributed by atoms with van der Waals surface area (Å²) in [5, 5.41) is 3.80. The number of morpholine rings is 1. The predicted molar refractivity (Wildman–Crippen MR) is 121 cm³/mol. The number of ether oxygens (including phenoxy) is 2. The van der Waals surface area contributed by atoms with E-state index in [0.29, 0.717) is 53.5 Å². The van der Waals surface area contributed by atoms with Gasteiger partial charge in [-0.05, 0) is 38.1 Å². The summed E-state index contributed by atoms with van der Waals surface area (Å²) >= 11 is 5.86. The number of fused-ring (bicyclic) bond motifs is 1. The first kappa shape index (κ1) is 22.0. The van der Waals surface area contributed by atoms with Gasteiger partial charge in [-0.1, -0.05) is 11.6 Å². The van der Waals surface area contributed by atoms with Crippen LogP contribution in [0.2, 0.25) is 5.02 Å². The Hall–Kier alpha value is -3.17. The number of hydrogen-bond acceptors (Lipinski definition) is 8. The second kappa shape index (κ2) is 8.76. The maximum atomic E-state index is 13.4. The van der Waals surface area contributed by atoms with Crippen molar-refractivity contribution < 1.29 is 18.7 Å². The number of nitrogens with zero attached hydrogens (tertiary/aromatic N) is 3. The lowest BCUT2D eigenvalue weighted by molar-refractivity contribution is -0.169. The lowest BCUT2D eigenvalue weighted by Gasteiger charge is -2.37. The number of esters is 1. The number of halogens is 2. The summed E-state index contributed by atoms with van der Waals surface area (Å²) in [5.74, 6) is 0.252. The molecule has 2 aromatic carbocycles. The van der Waals surface area contributed by atoms with Crippen LogP contribution in [0.5, 0.6) is 5.75 Å². The Morgan fingerprint density at radius 1 is 1.31 bits per heavy atom. The van der Waals surface area contributed by atoms with Crippen molar-refractivity contribution in [2.24, 2.45) is 0 Å². The monoisotopic (exact) mass is 459 g/mol. The first-order valence-corrected chi connectivity index (χ1v) is 10.4. The summed E-state index contributed by atoms with van der Waals surface area (Å²) in [6, 6.07) is 7.78. The van der Waals surface area contributed by atoms with Crippen LogP contribution in [0.4, 0.5) is 21.6 Å². The number of cyclic esters (lactones) is 1. The third-order valence-corrected chi connectivity index (χ3v) is 5.25. The van der Waals surface area contributed by atoms with Gasteiger partial charge in [-0.25, -0.2) is 14.4 Å². The maximum absolute atomic E-state index is 13.4. The molecule has 1 aliphatic heterocycles. The van der Waals surface area contributed by atoms with Gasteiger partial charge in [0.05, 0.1) is 22.8 Å². The molecule has 0 bridgehead atoms. The molecule has 10 heteroatoms. The molecule has 0 atom stereocenters. The van der Waals surface area contributed by atoms with E-state index >= 15 is 0 Å². The number of nitrogen functional groups attached to an aromatic ring is 1. The van der Waals surface area contributed by atoms with Gasteiger partial charge in [-0.15, -0.1) is 0 Å². The van der Waals surface area contributed by atoms with Crippen LogP contribution in [0.25, 0.3) is 10.9 Å². The van der Waals surface area contributed by atoms with Gasteiger partial charge in [-0.3, -0.25) is 9.69 Å². The number of nitrogens with one attached hydrogen (secondary N) is 1. The van der Waals surface area contributed by atoms with Crippen LogP contribution in [0.3, 0.4) is 0 Å². The minimum Gasteiger partial charge on any atom is -0.490 e. The zero-order chi connectivity index (χ0) is 22.9. The Morgan fingerprint density at radius 2 is 2.12 bits per heavy atom. The summed E-state index contributed by atoms with van der Waals surface area (Å²) in [5.41, 5.74) is 7.32. The molecule has 0 unspecified atom stereocenters. The van der Waals surface area contributed by atoms with Crippen molar-refractivity contribution in [3.63, 3.8) is 0 Å². The molecule has 0 radical (unpaired) electrons. The number of hydrogen-bond donors (Lipinski definition) is 2. The third-order valence-electron chi connectivity index (χ3n) is 4.96. The fourth-order valence-corrected chi connectivity index (χ4v) is 3.81. The van der Waals surface area contributed by atoms with Gasteiger partial charge in [0.2, 0.25) is 0 Å². The fraction of sp³-hybridized carbons (Fsp3) is 0.318. The molecule has 1 aromatic heterocycles. The minimum absolute atomic E-state index is 0.00826. The van der Waals surface area contributed by atoms with Crippen molar-refractivity contribution in [2.45, 2.75) is 19.4 Å². The zero-order valence-electron chi connectivity index (χ0n) is 17.7. The van der Waals surface area contributed by atoms with Crippen molar-refractivity contribution in [3.05, 3.63) is 47.5 Å². The Bertz CT molecular complexity index is 1170. The molecular weight excluding hydrogens is 437 g/mol. The lowest BCUT2D eigenvalue weighted by atomic mass is 10.1. The van der Waals surface area contributed by atoms with E-state index in [1.807, 2.05) is 18.7 Å². The van der Waals surface area contributed by atoms with Crippen LogP contribution < -0.4 is 15.8 Å². The second-order valence-electron chi connectivity index (χ2n) is 8.18. The first-order chi connectivity index (χ1) is 15.2. The molecule has 32 heavy (non-hydrogen) atoms. The van der Waals surface area contributed by atoms with E-state index in [2.05, 4.69) is 15.3 Å². The highest BCUT2D eigenvalue weighted by Gasteiger charge is 2.32. The molecule has 168 valence electrons. The Balaban J connectivity index is 1.48.